The maximum atomic E-state index is 13.7. The van der Waals surface area contributed by atoms with E-state index < -0.39 is 0 Å². The van der Waals surface area contributed by atoms with Crippen LogP contribution in [0.1, 0.15) is 33.2 Å². The number of rotatable bonds is 3. The van der Waals surface area contributed by atoms with Crippen molar-refractivity contribution in [3.8, 4) is 11.5 Å². The molecular weight excluding hydrogens is 420 g/mol. The minimum absolute atomic E-state index is 0.00782. The predicted molar refractivity (Wildman–Crippen MR) is 126 cm³/mol. The molecular formula is C26H22N2O3S. The van der Waals surface area contributed by atoms with E-state index >= 15 is 0 Å². The third kappa shape index (κ3) is 3.06. The highest BCUT2D eigenvalue weighted by atomic mass is 32.2. The Bertz CT molecular complexity index is 1330. The van der Waals surface area contributed by atoms with Crippen LogP contribution in [0.5, 0.6) is 11.5 Å². The first-order chi connectivity index (χ1) is 15.7. The van der Waals surface area contributed by atoms with Crippen LogP contribution >= 0.6 is 11.8 Å². The number of carbonyl (C=O) groups excluding carboxylic acids is 1. The molecule has 32 heavy (non-hydrogen) atoms. The van der Waals surface area contributed by atoms with Crippen LogP contribution in [0.25, 0.3) is 10.9 Å². The van der Waals surface area contributed by atoms with E-state index in [2.05, 4.69) is 53.7 Å². The van der Waals surface area contributed by atoms with Gasteiger partial charge in [-0.3, -0.25) is 4.79 Å². The smallest absolute Gasteiger partial charge is 0.254 e. The summed E-state index contributed by atoms with van der Waals surface area (Å²) < 4.78 is 10.9. The molecule has 1 amide bonds. The van der Waals surface area contributed by atoms with Crippen LogP contribution in [-0.4, -0.2) is 35.4 Å². The Balaban J connectivity index is 1.46. The standard InChI is InChI=1S/C26H22N2O3S/c1-32-18-9-6-16(7-10-18)25-24-20(19-4-2-3-5-21(19)27-24)12-13-28(25)26(29)17-8-11-22-23(14-17)31-15-30-22/h2-11,14,25,27H,12-13,15H2,1H3/t25-/m0/s1. The maximum absolute atomic E-state index is 13.7. The molecule has 0 saturated carbocycles. The zero-order valence-corrected chi connectivity index (χ0v) is 18.4. The molecule has 1 atom stereocenters. The molecule has 3 heterocycles. The normalized spacial score (nSPS) is 16.9. The van der Waals surface area contributed by atoms with Gasteiger partial charge in [-0.15, -0.1) is 11.8 Å². The summed E-state index contributed by atoms with van der Waals surface area (Å²) in [6.07, 6.45) is 2.88. The molecule has 0 bridgehead atoms. The second-order valence-electron chi connectivity index (χ2n) is 8.06. The van der Waals surface area contributed by atoms with Gasteiger partial charge in [-0.1, -0.05) is 30.3 Å². The molecule has 0 radical (unpaired) electrons. The first kappa shape index (κ1) is 19.3. The number of nitrogens with zero attached hydrogens (tertiary/aromatic N) is 1. The molecule has 0 aliphatic carbocycles. The Kier molecular flexibility index (Phi) is 4.61. The molecule has 2 aliphatic heterocycles. The van der Waals surface area contributed by atoms with Crippen LogP contribution in [0.15, 0.2) is 71.6 Å². The summed E-state index contributed by atoms with van der Waals surface area (Å²) in [5.74, 6) is 1.30. The molecule has 6 heteroatoms. The molecule has 5 nitrogen and oxygen atoms in total. The Morgan fingerprint density at radius 1 is 1.03 bits per heavy atom. The minimum atomic E-state index is -0.181. The number of benzene rings is 3. The van der Waals surface area contributed by atoms with Crippen molar-refractivity contribution in [1.29, 1.82) is 0 Å². The van der Waals surface area contributed by atoms with Gasteiger partial charge in [0.05, 0.1) is 6.04 Å². The average Bonchev–Trinajstić information content (AvgIpc) is 3.47. The lowest BCUT2D eigenvalue weighted by molar-refractivity contribution is 0.0691. The van der Waals surface area contributed by atoms with Gasteiger partial charge in [-0.25, -0.2) is 0 Å². The van der Waals surface area contributed by atoms with Crippen molar-refractivity contribution < 1.29 is 14.3 Å². The summed E-state index contributed by atoms with van der Waals surface area (Å²) in [5, 5.41) is 1.24. The first-order valence-corrected chi connectivity index (χ1v) is 11.9. The van der Waals surface area contributed by atoms with Gasteiger partial charge in [-0.2, -0.15) is 0 Å². The number of fused-ring (bicyclic) bond motifs is 4. The van der Waals surface area contributed by atoms with Crippen molar-refractivity contribution in [2.75, 3.05) is 19.6 Å². The Morgan fingerprint density at radius 3 is 2.69 bits per heavy atom. The van der Waals surface area contributed by atoms with Crippen LogP contribution < -0.4 is 9.47 Å². The van der Waals surface area contributed by atoms with Crippen molar-refractivity contribution >= 4 is 28.6 Å². The largest absolute Gasteiger partial charge is 0.454 e. The number of aromatic nitrogens is 1. The van der Waals surface area contributed by atoms with Crippen LogP contribution in [0, 0.1) is 0 Å². The van der Waals surface area contributed by atoms with Crippen LogP contribution in [0.3, 0.4) is 0 Å². The van der Waals surface area contributed by atoms with E-state index in [9.17, 15) is 4.79 Å². The van der Waals surface area contributed by atoms with E-state index in [-0.39, 0.29) is 18.7 Å². The number of para-hydroxylation sites is 1. The van der Waals surface area contributed by atoms with Gasteiger partial charge >= 0.3 is 0 Å². The number of hydrogen-bond acceptors (Lipinski definition) is 4. The van der Waals surface area contributed by atoms with Crippen LogP contribution in [0.4, 0.5) is 0 Å². The van der Waals surface area contributed by atoms with Gasteiger partial charge in [0.1, 0.15) is 0 Å². The quantitative estimate of drug-likeness (QED) is 0.431. The fourth-order valence-electron chi connectivity index (χ4n) is 4.79. The zero-order valence-electron chi connectivity index (χ0n) is 17.6. The van der Waals surface area contributed by atoms with Crippen molar-refractivity contribution in [3.05, 3.63) is 89.1 Å². The van der Waals surface area contributed by atoms with E-state index in [1.165, 1.54) is 15.8 Å². The second kappa shape index (κ2) is 7.64. The molecule has 2 aliphatic rings. The van der Waals surface area contributed by atoms with Gasteiger partial charge in [0.2, 0.25) is 6.79 Å². The van der Waals surface area contributed by atoms with Crippen molar-refractivity contribution in [2.45, 2.75) is 17.4 Å². The number of amides is 1. The maximum Gasteiger partial charge on any atom is 0.254 e. The lowest BCUT2D eigenvalue weighted by atomic mass is 9.91. The molecule has 1 aromatic heterocycles. The third-order valence-corrected chi connectivity index (χ3v) is 7.09. The van der Waals surface area contributed by atoms with Gasteiger partial charge < -0.3 is 19.4 Å². The predicted octanol–water partition coefficient (Wildman–Crippen LogP) is 5.41. The molecule has 0 spiro atoms. The van der Waals surface area contributed by atoms with Crippen LogP contribution in [0.2, 0.25) is 0 Å². The van der Waals surface area contributed by atoms with E-state index in [1.807, 2.05) is 23.1 Å². The number of ether oxygens (including phenoxy) is 2. The lowest BCUT2D eigenvalue weighted by Crippen LogP contribution is -2.40. The molecule has 4 aromatic rings. The molecule has 160 valence electrons. The SMILES string of the molecule is CSc1ccc([C@H]2c3[nH]c4ccccc4c3CCN2C(=O)c2ccc3c(c2)OCO3)cc1. The monoisotopic (exact) mass is 442 g/mol. The highest BCUT2D eigenvalue weighted by molar-refractivity contribution is 7.98. The number of thioether (sulfide) groups is 1. The number of nitrogens with one attached hydrogen (secondary N) is 1. The van der Waals surface area contributed by atoms with Gasteiger partial charge in [0, 0.05) is 33.6 Å². The van der Waals surface area contributed by atoms with Gasteiger partial charge in [0.25, 0.3) is 5.91 Å². The third-order valence-electron chi connectivity index (χ3n) is 6.35. The Hall–Kier alpha value is -3.38. The summed E-state index contributed by atoms with van der Waals surface area (Å²) in [6.45, 7) is 0.844. The zero-order chi connectivity index (χ0) is 21.7. The molecule has 6 rings (SSSR count). The number of carbonyl (C=O) groups is 1. The Morgan fingerprint density at radius 2 is 1.84 bits per heavy atom. The number of aromatic amines is 1. The fraction of sp³-hybridized carbons (Fsp3) is 0.192. The summed E-state index contributed by atoms with van der Waals surface area (Å²) in [7, 11) is 0. The van der Waals surface area contributed by atoms with Crippen molar-refractivity contribution in [2.24, 2.45) is 0 Å². The summed E-state index contributed by atoms with van der Waals surface area (Å²) in [6, 6.07) is 22.2. The van der Waals surface area contributed by atoms with E-state index in [0.717, 1.165) is 23.2 Å². The lowest BCUT2D eigenvalue weighted by Gasteiger charge is -2.36. The van der Waals surface area contributed by atoms with E-state index in [0.29, 0.717) is 23.6 Å². The molecule has 0 unspecified atom stereocenters. The van der Waals surface area contributed by atoms with Crippen molar-refractivity contribution in [3.63, 3.8) is 0 Å². The molecule has 1 N–H and O–H groups in total. The van der Waals surface area contributed by atoms with E-state index in [4.69, 9.17) is 9.47 Å². The number of H-pyrrole nitrogens is 1. The minimum Gasteiger partial charge on any atom is -0.454 e. The molecule has 0 fully saturated rings. The fourth-order valence-corrected chi connectivity index (χ4v) is 5.20. The number of hydrogen-bond donors (Lipinski definition) is 1. The average molecular weight is 443 g/mol. The van der Waals surface area contributed by atoms with Crippen molar-refractivity contribution in [1.82, 2.24) is 9.88 Å². The Labute approximate surface area is 190 Å². The first-order valence-electron chi connectivity index (χ1n) is 10.7. The van der Waals surface area contributed by atoms with E-state index in [1.54, 1.807) is 17.8 Å². The summed E-state index contributed by atoms with van der Waals surface area (Å²) >= 11 is 1.71. The molecule has 0 saturated heterocycles. The van der Waals surface area contributed by atoms with Gasteiger partial charge in [-0.05, 0) is 60.2 Å². The second-order valence-corrected chi connectivity index (χ2v) is 8.93. The topological polar surface area (TPSA) is 54.6 Å². The van der Waals surface area contributed by atoms with Crippen LogP contribution in [-0.2, 0) is 6.42 Å². The highest BCUT2D eigenvalue weighted by Gasteiger charge is 2.35. The highest BCUT2D eigenvalue weighted by Crippen LogP contribution is 2.40. The van der Waals surface area contributed by atoms with Gasteiger partial charge in [0.15, 0.2) is 11.5 Å². The summed E-state index contributed by atoms with van der Waals surface area (Å²) in [5.41, 5.74) is 5.22. The summed E-state index contributed by atoms with van der Waals surface area (Å²) in [4.78, 5) is 20.5. The molecule has 3 aromatic carbocycles.